The molecule has 0 radical (unpaired) electrons. The van der Waals surface area contributed by atoms with Gasteiger partial charge >= 0.3 is 0 Å². The van der Waals surface area contributed by atoms with Crippen molar-refractivity contribution in [2.45, 2.75) is 11.8 Å². The Hall–Kier alpha value is -1.18. The van der Waals surface area contributed by atoms with E-state index in [0.717, 1.165) is 5.56 Å². The van der Waals surface area contributed by atoms with Crippen molar-refractivity contribution in [1.29, 1.82) is 0 Å². The van der Waals surface area contributed by atoms with Gasteiger partial charge in [0.1, 0.15) is 4.90 Å². The Kier molecular flexibility index (Phi) is 4.66. The van der Waals surface area contributed by atoms with Crippen molar-refractivity contribution in [3.05, 3.63) is 17.8 Å². The molecule has 0 aliphatic heterocycles. The summed E-state index contributed by atoms with van der Waals surface area (Å²) in [5, 5.41) is 0. The summed E-state index contributed by atoms with van der Waals surface area (Å²) < 4.78 is 31.0. The van der Waals surface area contributed by atoms with Crippen molar-refractivity contribution in [2.24, 2.45) is 0 Å². The van der Waals surface area contributed by atoms with E-state index in [1.54, 1.807) is 38.2 Å². The summed E-state index contributed by atoms with van der Waals surface area (Å²) in [5.74, 6) is 0.117. The first kappa shape index (κ1) is 14.9. The summed E-state index contributed by atoms with van der Waals surface area (Å²) in [5.41, 5.74) is 0.771. The zero-order chi connectivity index (χ0) is 13.9. The van der Waals surface area contributed by atoms with Crippen LogP contribution in [-0.4, -0.2) is 57.5 Å². The number of rotatable bonds is 5. The molecule has 0 amide bonds. The van der Waals surface area contributed by atoms with Crippen molar-refractivity contribution in [3.63, 3.8) is 0 Å². The Morgan fingerprint density at radius 1 is 1.33 bits per heavy atom. The highest BCUT2D eigenvalue weighted by molar-refractivity contribution is 7.89. The van der Waals surface area contributed by atoms with Gasteiger partial charge in [0.05, 0.1) is 13.8 Å². The lowest BCUT2D eigenvalue weighted by Crippen LogP contribution is -2.35. The predicted molar refractivity (Wildman–Crippen MR) is 69.0 cm³/mol. The molecule has 0 spiro atoms. The van der Waals surface area contributed by atoms with Crippen molar-refractivity contribution in [2.75, 3.05) is 34.9 Å². The molecule has 0 saturated heterocycles. The van der Waals surface area contributed by atoms with Crippen LogP contribution in [0.4, 0.5) is 0 Å². The summed E-state index contributed by atoms with van der Waals surface area (Å²) in [4.78, 5) is 5.85. The minimum atomic E-state index is -3.60. The van der Waals surface area contributed by atoms with E-state index < -0.39 is 10.0 Å². The third kappa shape index (κ3) is 3.18. The quantitative estimate of drug-likeness (QED) is 0.733. The molecule has 1 aromatic heterocycles. The van der Waals surface area contributed by atoms with Gasteiger partial charge in [0, 0.05) is 13.2 Å². The number of pyridine rings is 1. The number of ether oxygens (including phenoxy) is 1. The van der Waals surface area contributed by atoms with Gasteiger partial charge in [-0.25, -0.2) is 13.4 Å². The van der Waals surface area contributed by atoms with Crippen LogP contribution in [0.3, 0.4) is 0 Å². The average molecular weight is 273 g/mol. The molecule has 0 aromatic carbocycles. The summed E-state index contributed by atoms with van der Waals surface area (Å²) in [6, 6.07) is 1.56. The molecule has 102 valence electrons. The first-order valence-corrected chi connectivity index (χ1v) is 6.84. The van der Waals surface area contributed by atoms with Crippen LogP contribution in [0, 0.1) is 6.92 Å². The Morgan fingerprint density at radius 3 is 2.44 bits per heavy atom. The highest BCUT2D eigenvalue weighted by Gasteiger charge is 2.26. The van der Waals surface area contributed by atoms with Crippen LogP contribution in [0.25, 0.3) is 0 Å². The molecular formula is C11H19N3O3S. The van der Waals surface area contributed by atoms with Crippen LogP contribution in [-0.2, 0) is 10.0 Å². The monoisotopic (exact) mass is 273 g/mol. The minimum Gasteiger partial charge on any atom is -0.480 e. The molecule has 18 heavy (non-hydrogen) atoms. The molecule has 1 aromatic rings. The number of methoxy groups -OCH3 is 1. The van der Waals surface area contributed by atoms with E-state index in [2.05, 4.69) is 4.98 Å². The highest BCUT2D eigenvalue weighted by atomic mass is 32.2. The number of hydrogen-bond donors (Lipinski definition) is 0. The van der Waals surface area contributed by atoms with Crippen LogP contribution in [0.2, 0.25) is 0 Å². The molecule has 0 N–H and O–H groups in total. The van der Waals surface area contributed by atoms with Crippen LogP contribution in [0.1, 0.15) is 5.56 Å². The fraction of sp³-hybridized carbons (Fsp3) is 0.545. The second-order valence-electron chi connectivity index (χ2n) is 4.34. The molecule has 1 rings (SSSR count). The van der Waals surface area contributed by atoms with Gasteiger partial charge in [-0.1, -0.05) is 0 Å². The van der Waals surface area contributed by atoms with Crippen LogP contribution in [0.5, 0.6) is 5.88 Å². The number of hydrogen-bond acceptors (Lipinski definition) is 5. The van der Waals surface area contributed by atoms with Crippen molar-refractivity contribution in [3.8, 4) is 5.88 Å². The number of nitrogens with zero attached hydrogens (tertiary/aromatic N) is 3. The standard InChI is InChI=1S/C11H19N3O3S/c1-9-6-10(11(17-5)12-7-9)18(15,16)14(4)8-13(2)3/h6-7H,8H2,1-5H3. The molecule has 0 saturated carbocycles. The molecule has 0 atom stereocenters. The largest absolute Gasteiger partial charge is 0.480 e. The molecule has 0 bridgehead atoms. The zero-order valence-electron chi connectivity index (χ0n) is 11.3. The molecule has 6 nitrogen and oxygen atoms in total. The van der Waals surface area contributed by atoms with E-state index in [1.165, 1.54) is 18.5 Å². The SMILES string of the molecule is COc1ncc(C)cc1S(=O)(=O)N(C)CN(C)C. The third-order valence-corrected chi connectivity index (χ3v) is 4.10. The number of aryl methyl sites for hydroxylation is 1. The fourth-order valence-electron chi connectivity index (χ4n) is 1.51. The highest BCUT2D eigenvalue weighted by Crippen LogP contribution is 2.24. The van der Waals surface area contributed by atoms with Gasteiger partial charge < -0.3 is 4.74 Å². The van der Waals surface area contributed by atoms with E-state index in [4.69, 9.17) is 4.74 Å². The summed E-state index contributed by atoms with van der Waals surface area (Å²) in [6.45, 7) is 2.08. The lowest BCUT2D eigenvalue weighted by molar-refractivity contribution is 0.293. The molecular weight excluding hydrogens is 254 g/mol. The van der Waals surface area contributed by atoms with Crippen LogP contribution >= 0.6 is 0 Å². The summed E-state index contributed by atoms with van der Waals surface area (Å²) >= 11 is 0. The Morgan fingerprint density at radius 2 is 1.94 bits per heavy atom. The smallest absolute Gasteiger partial charge is 0.249 e. The van der Waals surface area contributed by atoms with Crippen molar-refractivity contribution >= 4 is 10.0 Å². The second-order valence-corrected chi connectivity index (χ2v) is 6.36. The van der Waals surface area contributed by atoms with Crippen LogP contribution in [0.15, 0.2) is 17.2 Å². The maximum atomic E-state index is 12.4. The van der Waals surface area contributed by atoms with Gasteiger partial charge in [0.15, 0.2) is 0 Å². The van der Waals surface area contributed by atoms with E-state index >= 15 is 0 Å². The molecule has 0 fully saturated rings. The second kappa shape index (κ2) is 5.64. The molecule has 0 aliphatic carbocycles. The maximum absolute atomic E-state index is 12.4. The van der Waals surface area contributed by atoms with Crippen molar-refractivity contribution in [1.82, 2.24) is 14.2 Å². The normalized spacial score (nSPS) is 12.2. The summed E-state index contributed by atoms with van der Waals surface area (Å²) in [7, 11) is 2.94. The molecule has 1 heterocycles. The summed E-state index contributed by atoms with van der Waals surface area (Å²) in [6.07, 6.45) is 1.57. The van der Waals surface area contributed by atoms with Gasteiger partial charge in [-0.15, -0.1) is 0 Å². The number of aromatic nitrogens is 1. The Labute approximate surface area is 108 Å². The molecule has 0 unspecified atom stereocenters. The topological polar surface area (TPSA) is 62.7 Å². The fourth-order valence-corrected chi connectivity index (χ4v) is 2.92. The van der Waals surface area contributed by atoms with E-state index in [9.17, 15) is 8.42 Å². The lowest BCUT2D eigenvalue weighted by atomic mass is 10.3. The Balaban J connectivity index is 3.23. The van der Waals surface area contributed by atoms with Gasteiger partial charge in [0.2, 0.25) is 15.9 Å². The predicted octanol–water partition coefficient (Wildman–Crippen LogP) is 0.538. The lowest BCUT2D eigenvalue weighted by Gasteiger charge is -2.21. The first-order valence-electron chi connectivity index (χ1n) is 5.40. The average Bonchev–Trinajstić information content (AvgIpc) is 2.28. The zero-order valence-corrected chi connectivity index (χ0v) is 12.2. The Bertz CT molecular complexity index is 514. The van der Waals surface area contributed by atoms with Crippen LogP contribution < -0.4 is 4.74 Å². The minimum absolute atomic E-state index is 0.0920. The maximum Gasteiger partial charge on any atom is 0.249 e. The third-order valence-electron chi connectivity index (χ3n) is 2.32. The van der Waals surface area contributed by atoms with E-state index in [0.29, 0.717) is 6.67 Å². The van der Waals surface area contributed by atoms with Gasteiger partial charge in [-0.2, -0.15) is 4.31 Å². The van der Waals surface area contributed by atoms with Gasteiger partial charge in [-0.05, 0) is 32.6 Å². The van der Waals surface area contributed by atoms with Crippen molar-refractivity contribution < 1.29 is 13.2 Å². The number of sulfonamides is 1. The van der Waals surface area contributed by atoms with Gasteiger partial charge in [-0.3, -0.25) is 4.90 Å². The molecule has 0 aliphatic rings. The van der Waals surface area contributed by atoms with Gasteiger partial charge in [0.25, 0.3) is 0 Å². The van der Waals surface area contributed by atoms with E-state index in [-0.39, 0.29) is 10.8 Å². The molecule has 7 heteroatoms. The first-order chi connectivity index (χ1) is 8.28. The van der Waals surface area contributed by atoms with E-state index in [1.807, 2.05) is 0 Å².